The highest BCUT2D eigenvalue weighted by Gasteiger charge is 2.11. The molecule has 0 atom stereocenters. The molecule has 1 aliphatic rings. The second-order valence-corrected chi connectivity index (χ2v) is 6.50. The Balaban J connectivity index is 1.58. The van der Waals surface area contributed by atoms with Crippen molar-refractivity contribution >= 4 is 38.8 Å². The molecule has 0 aromatic carbocycles. The van der Waals surface area contributed by atoms with Crippen LogP contribution in [0, 0.1) is 0 Å². The minimum absolute atomic E-state index is 0.787. The minimum atomic E-state index is 0.787. The maximum Gasteiger partial charge on any atom is 0.128 e. The number of ether oxygens (including phenoxy) is 1. The fourth-order valence-electron chi connectivity index (χ4n) is 2.11. The van der Waals surface area contributed by atoms with Gasteiger partial charge in [0.2, 0.25) is 0 Å². The Labute approximate surface area is 130 Å². The predicted octanol–water partition coefficient (Wildman–Crippen LogP) is 3.35. The normalized spacial score (nSPS) is 15.3. The summed E-state index contributed by atoms with van der Waals surface area (Å²) in [7, 11) is 0. The number of halogens is 1. The molecule has 3 heterocycles. The van der Waals surface area contributed by atoms with Crippen LogP contribution in [0.2, 0.25) is 0 Å². The highest BCUT2D eigenvalue weighted by Crippen LogP contribution is 2.21. The molecular formula is C14H16BrN3OS. The highest BCUT2D eigenvalue weighted by molar-refractivity contribution is 9.10. The third-order valence-electron chi connectivity index (χ3n) is 3.17. The highest BCUT2D eigenvalue weighted by atomic mass is 79.9. The van der Waals surface area contributed by atoms with Crippen molar-refractivity contribution in [2.45, 2.75) is 6.54 Å². The van der Waals surface area contributed by atoms with Gasteiger partial charge in [-0.05, 0) is 34.1 Å². The molecule has 106 valence electrons. The fraction of sp³-hybridized carbons (Fsp3) is 0.357. The zero-order valence-corrected chi connectivity index (χ0v) is 13.4. The molecule has 3 rings (SSSR count). The molecule has 0 amide bonds. The molecule has 4 nitrogen and oxygen atoms in total. The van der Waals surface area contributed by atoms with Crippen LogP contribution in [0.4, 0.5) is 11.5 Å². The van der Waals surface area contributed by atoms with E-state index >= 15 is 0 Å². The van der Waals surface area contributed by atoms with Crippen LogP contribution in [-0.2, 0) is 11.3 Å². The van der Waals surface area contributed by atoms with Crippen molar-refractivity contribution in [1.29, 1.82) is 0 Å². The van der Waals surface area contributed by atoms with Gasteiger partial charge in [-0.2, -0.15) is 0 Å². The first-order valence-electron chi connectivity index (χ1n) is 6.57. The molecule has 1 saturated heterocycles. The molecule has 2 aromatic rings. The third kappa shape index (κ3) is 3.50. The van der Waals surface area contributed by atoms with Gasteiger partial charge in [0.1, 0.15) is 5.82 Å². The van der Waals surface area contributed by atoms with Crippen LogP contribution in [0.3, 0.4) is 0 Å². The third-order valence-corrected chi connectivity index (χ3v) is 4.87. The lowest BCUT2D eigenvalue weighted by molar-refractivity contribution is 0.122. The van der Waals surface area contributed by atoms with Gasteiger partial charge >= 0.3 is 0 Å². The van der Waals surface area contributed by atoms with Gasteiger partial charge in [0.25, 0.3) is 0 Å². The molecule has 0 aliphatic carbocycles. The quantitative estimate of drug-likeness (QED) is 0.914. The molecule has 0 radical (unpaired) electrons. The number of morpholine rings is 1. The van der Waals surface area contributed by atoms with Gasteiger partial charge in [-0.3, -0.25) is 0 Å². The maximum absolute atomic E-state index is 5.35. The summed E-state index contributed by atoms with van der Waals surface area (Å²) in [5.74, 6) is 1.03. The number of hydrogen-bond acceptors (Lipinski definition) is 5. The average Bonchev–Trinajstić information content (AvgIpc) is 2.92. The molecule has 1 fully saturated rings. The van der Waals surface area contributed by atoms with E-state index < -0.39 is 0 Å². The van der Waals surface area contributed by atoms with E-state index in [1.54, 1.807) is 11.3 Å². The Hall–Kier alpha value is -1.11. The Bertz CT molecular complexity index is 552. The van der Waals surface area contributed by atoms with Gasteiger partial charge in [-0.25, -0.2) is 4.98 Å². The number of aromatic nitrogens is 1. The predicted molar refractivity (Wildman–Crippen MR) is 86.6 cm³/mol. The molecule has 1 N–H and O–H groups in total. The first-order valence-corrected chi connectivity index (χ1v) is 8.24. The molecule has 0 saturated carbocycles. The average molecular weight is 354 g/mol. The second-order valence-electron chi connectivity index (χ2n) is 4.59. The lowest BCUT2D eigenvalue weighted by Crippen LogP contribution is -2.36. The largest absolute Gasteiger partial charge is 0.379 e. The molecule has 6 heteroatoms. The summed E-state index contributed by atoms with van der Waals surface area (Å²) in [6.45, 7) is 4.24. The summed E-state index contributed by atoms with van der Waals surface area (Å²) in [5, 5.41) is 5.48. The molecule has 2 aromatic heterocycles. The van der Waals surface area contributed by atoms with E-state index in [4.69, 9.17) is 4.74 Å². The summed E-state index contributed by atoms with van der Waals surface area (Å²) in [6, 6.07) is 6.28. The summed E-state index contributed by atoms with van der Waals surface area (Å²) in [5.41, 5.74) is 1.05. The van der Waals surface area contributed by atoms with Crippen molar-refractivity contribution < 1.29 is 4.74 Å². The van der Waals surface area contributed by atoms with E-state index in [1.807, 2.05) is 6.20 Å². The van der Waals surface area contributed by atoms with Gasteiger partial charge in [-0.15, -0.1) is 11.3 Å². The van der Waals surface area contributed by atoms with Crippen LogP contribution in [0.25, 0.3) is 0 Å². The zero-order chi connectivity index (χ0) is 13.8. The van der Waals surface area contributed by atoms with Gasteiger partial charge in [-0.1, -0.05) is 0 Å². The molecule has 1 aliphatic heterocycles. The van der Waals surface area contributed by atoms with Crippen LogP contribution in [0.15, 0.2) is 34.2 Å². The maximum atomic E-state index is 5.35. The summed E-state index contributed by atoms with van der Waals surface area (Å²) >= 11 is 5.21. The van der Waals surface area contributed by atoms with E-state index in [0.29, 0.717) is 0 Å². The number of rotatable bonds is 4. The molecule has 0 unspecified atom stereocenters. The monoisotopic (exact) mass is 353 g/mol. The lowest BCUT2D eigenvalue weighted by Gasteiger charge is -2.27. The van der Waals surface area contributed by atoms with E-state index in [0.717, 1.165) is 48.8 Å². The molecule has 0 bridgehead atoms. The summed E-state index contributed by atoms with van der Waals surface area (Å²) in [6.07, 6.45) is 1.90. The van der Waals surface area contributed by atoms with Gasteiger partial charge in [0, 0.05) is 34.4 Å². The van der Waals surface area contributed by atoms with E-state index in [-0.39, 0.29) is 0 Å². The van der Waals surface area contributed by atoms with Crippen molar-refractivity contribution in [3.63, 3.8) is 0 Å². The van der Waals surface area contributed by atoms with Crippen LogP contribution >= 0.6 is 27.3 Å². The minimum Gasteiger partial charge on any atom is -0.379 e. The number of pyridine rings is 1. The van der Waals surface area contributed by atoms with Gasteiger partial charge < -0.3 is 15.0 Å². The van der Waals surface area contributed by atoms with Crippen LogP contribution in [0.1, 0.15) is 4.88 Å². The number of hydrogen-bond donors (Lipinski definition) is 1. The van der Waals surface area contributed by atoms with Crippen molar-refractivity contribution in [3.8, 4) is 0 Å². The first kappa shape index (κ1) is 13.9. The Morgan fingerprint density at radius 2 is 2.20 bits per heavy atom. The lowest BCUT2D eigenvalue weighted by atomic mass is 10.3. The van der Waals surface area contributed by atoms with Crippen LogP contribution in [0.5, 0.6) is 0 Å². The fourth-order valence-corrected chi connectivity index (χ4v) is 3.50. The van der Waals surface area contributed by atoms with Crippen molar-refractivity contribution in [2.75, 3.05) is 36.5 Å². The van der Waals surface area contributed by atoms with Gasteiger partial charge in [0.15, 0.2) is 0 Å². The first-order chi connectivity index (χ1) is 9.81. The Morgan fingerprint density at radius 1 is 1.35 bits per heavy atom. The molecule has 0 spiro atoms. The van der Waals surface area contributed by atoms with E-state index in [1.165, 1.54) is 4.88 Å². The van der Waals surface area contributed by atoms with Crippen molar-refractivity contribution in [1.82, 2.24) is 4.98 Å². The Morgan fingerprint density at radius 3 is 2.85 bits per heavy atom. The SMILES string of the molecule is Brc1csc(CNc2ccc(N3CCOCC3)nc2)c1. The molecule has 20 heavy (non-hydrogen) atoms. The Kier molecular flexibility index (Phi) is 4.54. The smallest absolute Gasteiger partial charge is 0.128 e. The topological polar surface area (TPSA) is 37.4 Å². The van der Waals surface area contributed by atoms with E-state index in [2.05, 4.69) is 54.7 Å². The summed E-state index contributed by atoms with van der Waals surface area (Å²) in [4.78, 5) is 8.08. The van der Waals surface area contributed by atoms with Crippen LogP contribution in [-0.4, -0.2) is 31.3 Å². The van der Waals surface area contributed by atoms with E-state index in [9.17, 15) is 0 Å². The number of anilines is 2. The zero-order valence-electron chi connectivity index (χ0n) is 11.0. The van der Waals surface area contributed by atoms with Crippen molar-refractivity contribution in [3.05, 3.63) is 39.1 Å². The van der Waals surface area contributed by atoms with Gasteiger partial charge in [0.05, 0.1) is 25.1 Å². The second kappa shape index (κ2) is 6.56. The van der Waals surface area contributed by atoms with Crippen LogP contribution < -0.4 is 10.2 Å². The summed E-state index contributed by atoms with van der Waals surface area (Å²) < 4.78 is 6.49. The molecular weight excluding hydrogens is 338 g/mol. The standard InChI is InChI=1S/C14H16BrN3OS/c15-11-7-13(20-10-11)9-16-12-1-2-14(17-8-12)18-3-5-19-6-4-18/h1-2,7-8,10,16H,3-6,9H2. The number of thiophene rings is 1. The number of nitrogens with zero attached hydrogens (tertiary/aromatic N) is 2. The number of nitrogens with one attached hydrogen (secondary N) is 1. The van der Waals surface area contributed by atoms with Crippen molar-refractivity contribution in [2.24, 2.45) is 0 Å².